The SMILES string of the molecule is NC(=N/N=C\c1cccc(OC(F)(F)F)c1)SC/C=C/c1ccccc1. The predicted octanol–water partition coefficient (Wildman–Crippen LogP) is 4.68. The number of hydrogen-bond donors (Lipinski definition) is 1. The molecule has 0 radical (unpaired) electrons. The number of hydrogen-bond acceptors (Lipinski definition) is 4. The first-order valence-corrected chi connectivity index (χ1v) is 8.48. The van der Waals surface area contributed by atoms with Gasteiger partial charge in [0.2, 0.25) is 0 Å². The van der Waals surface area contributed by atoms with Crippen molar-refractivity contribution in [2.24, 2.45) is 15.9 Å². The Hall–Kier alpha value is -2.74. The molecular weight excluding hydrogens is 363 g/mol. The monoisotopic (exact) mass is 379 g/mol. The molecule has 2 aromatic rings. The molecule has 0 saturated heterocycles. The summed E-state index contributed by atoms with van der Waals surface area (Å²) in [7, 11) is 0. The van der Waals surface area contributed by atoms with Crippen LogP contribution in [0, 0.1) is 0 Å². The van der Waals surface area contributed by atoms with Crippen molar-refractivity contribution in [1.29, 1.82) is 0 Å². The second-order valence-corrected chi connectivity index (χ2v) is 5.97. The molecule has 8 heteroatoms. The van der Waals surface area contributed by atoms with E-state index in [-0.39, 0.29) is 10.9 Å². The van der Waals surface area contributed by atoms with Crippen LogP contribution in [-0.4, -0.2) is 23.5 Å². The molecule has 0 aromatic heterocycles. The normalized spacial score (nSPS) is 12.8. The molecule has 2 N–H and O–H groups in total. The number of halogens is 3. The van der Waals surface area contributed by atoms with Crippen LogP contribution in [0.25, 0.3) is 6.08 Å². The molecule has 136 valence electrons. The minimum atomic E-state index is -4.73. The summed E-state index contributed by atoms with van der Waals surface area (Å²) in [5.41, 5.74) is 7.22. The predicted molar refractivity (Wildman–Crippen MR) is 100 cm³/mol. The Kier molecular flexibility index (Phi) is 7.28. The number of amidine groups is 1. The van der Waals surface area contributed by atoms with Crippen molar-refractivity contribution >= 4 is 29.2 Å². The van der Waals surface area contributed by atoms with E-state index in [1.54, 1.807) is 6.07 Å². The molecule has 0 aliphatic heterocycles. The Bertz CT molecular complexity index is 790. The van der Waals surface area contributed by atoms with Crippen LogP contribution in [0.5, 0.6) is 5.75 Å². The Balaban J connectivity index is 1.84. The highest BCUT2D eigenvalue weighted by Gasteiger charge is 2.30. The van der Waals surface area contributed by atoms with Gasteiger partial charge in [-0.2, -0.15) is 5.10 Å². The molecule has 4 nitrogen and oxygen atoms in total. The summed E-state index contributed by atoms with van der Waals surface area (Å²) < 4.78 is 40.4. The Morgan fingerprint density at radius 3 is 2.54 bits per heavy atom. The van der Waals surface area contributed by atoms with E-state index in [0.29, 0.717) is 11.3 Å². The van der Waals surface area contributed by atoms with Gasteiger partial charge in [0.1, 0.15) is 5.75 Å². The zero-order chi connectivity index (χ0) is 18.8. The van der Waals surface area contributed by atoms with Gasteiger partial charge >= 0.3 is 6.36 Å². The molecule has 0 bridgehead atoms. The molecule has 2 aromatic carbocycles. The van der Waals surface area contributed by atoms with Crippen LogP contribution >= 0.6 is 11.8 Å². The minimum absolute atomic E-state index is 0.252. The maximum absolute atomic E-state index is 12.2. The maximum Gasteiger partial charge on any atom is 0.573 e. The van der Waals surface area contributed by atoms with E-state index >= 15 is 0 Å². The Morgan fingerprint density at radius 1 is 1.08 bits per heavy atom. The molecular formula is C18H16F3N3OS. The fourth-order valence-corrected chi connectivity index (χ4v) is 2.32. The van der Waals surface area contributed by atoms with E-state index in [2.05, 4.69) is 14.9 Å². The van der Waals surface area contributed by atoms with Crippen LogP contribution in [0.3, 0.4) is 0 Å². The molecule has 0 saturated carbocycles. The number of thioether (sulfide) groups is 1. The van der Waals surface area contributed by atoms with Crippen LogP contribution < -0.4 is 10.5 Å². The molecule has 0 atom stereocenters. The third-order valence-electron chi connectivity index (χ3n) is 2.89. The third kappa shape index (κ3) is 7.89. The van der Waals surface area contributed by atoms with E-state index in [4.69, 9.17) is 5.73 Å². The zero-order valence-electron chi connectivity index (χ0n) is 13.6. The fraction of sp³-hybridized carbons (Fsp3) is 0.111. The van der Waals surface area contributed by atoms with Gasteiger partial charge in [-0.25, -0.2) is 0 Å². The lowest BCUT2D eigenvalue weighted by Crippen LogP contribution is -2.17. The second-order valence-electron chi connectivity index (χ2n) is 4.93. The van der Waals surface area contributed by atoms with Crippen molar-refractivity contribution in [2.45, 2.75) is 6.36 Å². The number of alkyl halides is 3. The van der Waals surface area contributed by atoms with Crippen molar-refractivity contribution < 1.29 is 17.9 Å². The van der Waals surface area contributed by atoms with Crippen molar-refractivity contribution in [2.75, 3.05) is 5.75 Å². The molecule has 0 fully saturated rings. The average molecular weight is 379 g/mol. The highest BCUT2D eigenvalue weighted by Crippen LogP contribution is 2.22. The van der Waals surface area contributed by atoms with Gasteiger partial charge in [0, 0.05) is 5.75 Å². The van der Waals surface area contributed by atoms with Crippen LogP contribution in [0.1, 0.15) is 11.1 Å². The molecule has 0 unspecified atom stereocenters. The Morgan fingerprint density at radius 2 is 1.81 bits per heavy atom. The standard InChI is InChI=1S/C18H16F3N3OS/c19-18(20,21)25-16-10-4-8-15(12-16)13-23-24-17(22)26-11-5-9-14-6-2-1-3-7-14/h1-10,12-13H,11H2,(H2,22,24)/b9-5+,23-13-. The highest BCUT2D eigenvalue weighted by atomic mass is 32.2. The van der Waals surface area contributed by atoms with Gasteiger partial charge in [0.05, 0.1) is 6.21 Å². The lowest BCUT2D eigenvalue weighted by Gasteiger charge is -2.08. The summed E-state index contributed by atoms with van der Waals surface area (Å²) in [6.45, 7) is 0. The van der Waals surface area contributed by atoms with Crippen LogP contribution in [-0.2, 0) is 0 Å². The molecule has 0 heterocycles. The molecule has 0 amide bonds. The fourth-order valence-electron chi connectivity index (χ4n) is 1.86. The van der Waals surface area contributed by atoms with E-state index in [9.17, 15) is 13.2 Å². The lowest BCUT2D eigenvalue weighted by molar-refractivity contribution is -0.274. The van der Waals surface area contributed by atoms with E-state index in [1.165, 1.54) is 36.2 Å². The lowest BCUT2D eigenvalue weighted by atomic mass is 10.2. The van der Waals surface area contributed by atoms with Crippen LogP contribution in [0.4, 0.5) is 13.2 Å². The summed E-state index contributed by atoms with van der Waals surface area (Å²) in [4.78, 5) is 0. The van der Waals surface area contributed by atoms with Crippen molar-refractivity contribution in [3.63, 3.8) is 0 Å². The molecule has 0 aliphatic carbocycles. The number of rotatable bonds is 6. The Labute approximate surface area is 153 Å². The van der Waals surface area contributed by atoms with Crippen LogP contribution in [0.2, 0.25) is 0 Å². The first-order valence-electron chi connectivity index (χ1n) is 7.49. The number of nitrogens with two attached hydrogens (primary N) is 1. The molecule has 0 spiro atoms. The van der Waals surface area contributed by atoms with Gasteiger partial charge in [0.15, 0.2) is 5.17 Å². The van der Waals surface area contributed by atoms with E-state index in [0.717, 1.165) is 5.56 Å². The molecule has 26 heavy (non-hydrogen) atoms. The quantitative estimate of drug-likeness (QED) is 0.450. The van der Waals surface area contributed by atoms with Crippen molar-refractivity contribution in [1.82, 2.24) is 0 Å². The summed E-state index contributed by atoms with van der Waals surface area (Å²) in [6.07, 6.45) is 0.485. The van der Waals surface area contributed by atoms with E-state index in [1.807, 2.05) is 42.5 Å². The maximum atomic E-state index is 12.2. The zero-order valence-corrected chi connectivity index (χ0v) is 14.4. The number of benzene rings is 2. The first kappa shape index (κ1) is 19.6. The topological polar surface area (TPSA) is 60.0 Å². The summed E-state index contributed by atoms with van der Waals surface area (Å²) in [5, 5.41) is 7.82. The number of ether oxygens (including phenoxy) is 1. The van der Waals surface area contributed by atoms with Gasteiger partial charge in [-0.05, 0) is 23.3 Å². The van der Waals surface area contributed by atoms with Gasteiger partial charge in [-0.15, -0.1) is 18.3 Å². The molecule has 0 aliphatic rings. The smallest absolute Gasteiger partial charge is 0.406 e. The second kappa shape index (κ2) is 9.67. The molecule has 2 rings (SSSR count). The van der Waals surface area contributed by atoms with E-state index < -0.39 is 6.36 Å². The van der Waals surface area contributed by atoms with Crippen LogP contribution in [0.15, 0.2) is 70.9 Å². The van der Waals surface area contributed by atoms with Gasteiger partial charge < -0.3 is 10.5 Å². The first-order chi connectivity index (χ1) is 12.4. The highest BCUT2D eigenvalue weighted by molar-refractivity contribution is 8.13. The van der Waals surface area contributed by atoms with Crippen molar-refractivity contribution in [3.05, 3.63) is 71.8 Å². The average Bonchev–Trinajstić information content (AvgIpc) is 2.58. The minimum Gasteiger partial charge on any atom is -0.406 e. The summed E-state index contributed by atoms with van der Waals surface area (Å²) >= 11 is 1.30. The summed E-state index contributed by atoms with van der Waals surface area (Å²) in [6, 6.07) is 15.2. The largest absolute Gasteiger partial charge is 0.573 e. The van der Waals surface area contributed by atoms with Gasteiger partial charge in [-0.3, -0.25) is 0 Å². The van der Waals surface area contributed by atoms with Gasteiger partial charge in [-0.1, -0.05) is 66.4 Å². The summed E-state index contributed by atoms with van der Waals surface area (Å²) in [5.74, 6) is 0.299. The van der Waals surface area contributed by atoms with Gasteiger partial charge in [0.25, 0.3) is 0 Å². The third-order valence-corrected chi connectivity index (χ3v) is 3.63. The number of nitrogens with zero attached hydrogens (tertiary/aromatic N) is 2. The van der Waals surface area contributed by atoms with Crippen molar-refractivity contribution in [3.8, 4) is 5.75 Å².